The molecule has 1 fully saturated rings. The third-order valence-corrected chi connectivity index (χ3v) is 7.12. The molecule has 0 spiro atoms. The van der Waals surface area contributed by atoms with Crippen molar-refractivity contribution in [1.82, 2.24) is 10.2 Å². The monoisotopic (exact) mass is 478 g/mol. The molecule has 0 bridgehead atoms. The van der Waals surface area contributed by atoms with E-state index in [2.05, 4.69) is 5.32 Å². The highest BCUT2D eigenvalue weighted by Crippen LogP contribution is 2.23. The van der Waals surface area contributed by atoms with Crippen LogP contribution in [0.1, 0.15) is 43.7 Å². The number of rotatable bonds is 9. The second-order valence-corrected chi connectivity index (χ2v) is 9.73. The number of thioether (sulfide) groups is 1. The van der Waals surface area contributed by atoms with Crippen LogP contribution in [0, 0.1) is 0 Å². The minimum Gasteiger partial charge on any atom is -0.352 e. The van der Waals surface area contributed by atoms with Gasteiger partial charge in [0.1, 0.15) is 6.04 Å². The van der Waals surface area contributed by atoms with Crippen molar-refractivity contribution in [3.05, 3.63) is 69.7 Å². The highest BCUT2D eigenvalue weighted by Gasteiger charge is 2.28. The number of amides is 2. The Balaban J connectivity index is 1.66. The van der Waals surface area contributed by atoms with Gasteiger partial charge < -0.3 is 10.2 Å². The maximum absolute atomic E-state index is 13.1. The molecule has 1 N–H and O–H groups in total. The summed E-state index contributed by atoms with van der Waals surface area (Å²) in [4.78, 5) is 27.7. The molecular weight excluding hydrogens is 451 g/mol. The van der Waals surface area contributed by atoms with Gasteiger partial charge >= 0.3 is 0 Å². The average Bonchev–Trinajstić information content (AvgIpc) is 3.26. The molecule has 2 aromatic rings. The van der Waals surface area contributed by atoms with Crippen LogP contribution in [0.3, 0.4) is 0 Å². The number of carbonyl (C=O) groups excluding carboxylic acids is 2. The summed E-state index contributed by atoms with van der Waals surface area (Å²) in [7, 11) is 0. The fourth-order valence-corrected chi connectivity index (χ4v) is 5.16. The number of nitrogens with zero attached hydrogens (tertiary/aromatic N) is 1. The maximum Gasteiger partial charge on any atom is 0.242 e. The van der Waals surface area contributed by atoms with Crippen molar-refractivity contribution in [3.8, 4) is 0 Å². The Bertz CT molecular complexity index is 903. The van der Waals surface area contributed by atoms with Gasteiger partial charge in [0.25, 0.3) is 0 Å². The molecule has 0 heterocycles. The Kier molecular flexibility index (Phi) is 9.12. The van der Waals surface area contributed by atoms with Gasteiger partial charge in [0, 0.05) is 28.4 Å². The van der Waals surface area contributed by atoms with Gasteiger partial charge in [-0.05, 0) is 49.1 Å². The second kappa shape index (κ2) is 11.8. The third-order valence-electron chi connectivity index (χ3n) is 5.55. The molecule has 1 atom stereocenters. The first-order valence-electron chi connectivity index (χ1n) is 10.6. The molecule has 0 unspecified atom stereocenters. The van der Waals surface area contributed by atoms with Crippen molar-refractivity contribution in [2.75, 3.05) is 5.75 Å². The molecule has 7 heteroatoms. The number of benzene rings is 2. The van der Waals surface area contributed by atoms with Crippen LogP contribution in [-0.4, -0.2) is 34.6 Å². The topological polar surface area (TPSA) is 49.4 Å². The van der Waals surface area contributed by atoms with E-state index in [9.17, 15) is 9.59 Å². The first-order chi connectivity index (χ1) is 14.9. The van der Waals surface area contributed by atoms with Crippen molar-refractivity contribution in [3.63, 3.8) is 0 Å². The SMILES string of the molecule is C[C@@H](C(=O)NC1CCCC1)N(Cc1cccc(Cl)c1)C(=O)CSCc1ccccc1Cl. The van der Waals surface area contributed by atoms with Crippen molar-refractivity contribution < 1.29 is 9.59 Å². The van der Waals surface area contributed by atoms with E-state index in [1.165, 1.54) is 11.8 Å². The zero-order valence-electron chi connectivity index (χ0n) is 17.7. The van der Waals surface area contributed by atoms with Crippen LogP contribution in [0.15, 0.2) is 48.5 Å². The third kappa shape index (κ3) is 7.16. The molecule has 0 saturated heterocycles. The van der Waals surface area contributed by atoms with Crippen molar-refractivity contribution in [1.29, 1.82) is 0 Å². The summed E-state index contributed by atoms with van der Waals surface area (Å²) in [6.45, 7) is 2.14. The molecule has 0 radical (unpaired) electrons. The Morgan fingerprint density at radius 1 is 1.13 bits per heavy atom. The maximum atomic E-state index is 13.1. The van der Waals surface area contributed by atoms with Crippen LogP contribution in [0.25, 0.3) is 0 Å². The first-order valence-corrected chi connectivity index (χ1v) is 12.5. The summed E-state index contributed by atoms with van der Waals surface area (Å²) in [5.74, 6) is 0.732. The van der Waals surface area contributed by atoms with Gasteiger partial charge in [0.2, 0.25) is 11.8 Å². The largest absolute Gasteiger partial charge is 0.352 e. The molecule has 3 rings (SSSR count). The molecule has 0 aliphatic heterocycles. The Labute approximate surface area is 198 Å². The van der Waals surface area contributed by atoms with Gasteiger partial charge in [-0.2, -0.15) is 0 Å². The Morgan fingerprint density at radius 2 is 1.87 bits per heavy atom. The molecule has 0 aromatic heterocycles. The number of hydrogen-bond donors (Lipinski definition) is 1. The van der Waals surface area contributed by atoms with Gasteiger partial charge in [-0.25, -0.2) is 0 Å². The van der Waals surface area contributed by atoms with Crippen molar-refractivity contribution in [2.45, 2.75) is 57.0 Å². The molecule has 1 saturated carbocycles. The quantitative estimate of drug-likeness (QED) is 0.502. The van der Waals surface area contributed by atoms with Crippen LogP contribution in [0.2, 0.25) is 10.0 Å². The lowest BCUT2D eigenvalue weighted by atomic mass is 10.1. The van der Waals surface area contributed by atoms with Gasteiger partial charge in [-0.1, -0.05) is 66.4 Å². The van der Waals surface area contributed by atoms with Crippen LogP contribution >= 0.6 is 35.0 Å². The number of carbonyl (C=O) groups is 2. The molecule has 166 valence electrons. The van der Waals surface area contributed by atoms with E-state index in [1.54, 1.807) is 17.9 Å². The van der Waals surface area contributed by atoms with E-state index in [0.717, 1.165) is 36.8 Å². The lowest BCUT2D eigenvalue weighted by Gasteiger charge is -2.29. The summed E-state index contributed by atoms with van der Waals surface area (Å²) < 4.78 is 0. The molecule has 1 aliphatic rings. The summed E-state index contributed by atoms with van der Waals surface area (Å²) in [6.07, 6.45) is 4.30. The summed E-state index contributed by atoms with van der Waals surface area (Å²) in [5, 5.41) is 4.43. The Hall–Kier alpha value is -1.69. The van der Waals surface area contributed by atoms with Crippen LogP contribution in [0.5, 0.6) is 0 Å². The highest BCUT2D eigenvalue weighted by molar-refractivity contribution is 7.99. The van der Waals surface area contributed by atoms with Crippen LogP contribution in [0.4, 0.5) is 0 Å². The fourth-order valence-electron chi connectivity index (χ4n) is 3.75. The van der Waals surface area contributed by atoms with Gasteiger partial charge in [-0.3, -0.25) is 9.59 Å². The molecule has 1 aliphatic carbocycles. The summed E-state index contributed by atoms with van der Waals surface area (Å²) in [5.41, 5.74) is 1.90. The minimum atomic E-state index is -0.562. The van der Waals surface area contributed by atoms with Gasteiger partial charge in [0.15, 0.2) is 0 Å². The normalized spacial score (nSPS) is 14.9. The Morgan fingerprint density at radius 3 is 2.58 bits per heavy atom. The lowest BCUT2D eigenvalue weighted by molar-refractivity contribution is -0.138. The number of hydrogen-bond acceptors (Lipinski definition) is 3. The van der Waals surface area contributed by atoms with E-state index in [0.29, 0.717) is 22.3 Å². The smallest absolute Gasteiger partial charge is 0.242 e. The number of nitrogens with one attached hydrogen (secondary N) is 1. The van der Waals surface area contributed by atoms with Crippen LogP contribution < -0.4 is 5.32 Å². The van der Waals surface area contributed by atoms with E-state index >= 15 is 0 Å². The van der Waals surface area contributed by atoms with E-state index in [4.69, 9.17) is 23.2 Å². The van der Waals surface area contributed by atoms with Crippen molar-refractivity contribution >= 4 is 46.8 Å². The molecule has 4 nitrogen and oxygen atoms in total. The zero-order valence-corrected chi connectivity index (χ0v) is 20.0. The van der Waals surface area contributed by atoms with E-state index in [-0.39, 0.29) is 23.6 Å². The number of halogens is 2. The van der Waals surface area contributed by atoms with E-state index in [1.807, 2.05) is 42.5 Å². The predicted octanol–water partition coefficient (Wildman–Crippen LogP) is 5.70. The minimum absolute atomic E-state index is 0.0777. The average molecular weight is 479 g/mol. The zero-order chi connectivity index (χ0) is 22.2. The van der Waals surface area contributed by atoms with Gasteiger partial charge in [0.05, 0.1) is 5.75 Å². The van der Waals surface area contributed by atoms with Gasteiger partial charge in [-0.15, -0.1) is 11.8 Å². The second-order valence-electron chi connectivity index (χ2n) is 7.90. The highest BCUT2D eigenvalue weighted by atomic mass is 35.5. The molecule has 2 aromatic carbocycles. The summed E-state index contributed by atoms with van der Waals surface area (Å²) in [6, 6.07) is 14.7. The standard InChI is InChI=1S/C24H28Cl2N2O2S/c1-17(24(30)27-21-10-3-4-11-21)28(14-18-7-6-9-20(25)13-18)23(29)16-31-15-19-8-2-5-12-22(19)26/h2,5-9,12-13,17,21H,3-4,10-11,14-16H2,1H3,(H,27,30)/t17-/m0/s1. The molecule has 31 heavy (non-hydrogen) atoms. The van der Waals surface area contributed by atoms with Crippen molar-refractivity contribution in [2.24, 2.45) is 0 Å². The molecule has 2 amide bonds. The first kappa shape index (κ1) is 24.0. The van der Waals surface area contributed by atoms with E-state index < -0.39 is 6.04 Å². The summed E-state index contributed by atoms with van der Waals surface area (Å²) >= 11 is 13.9. The molecular formula is C24H28Cl2N2O2S. The predicted molar refractivity (Wildman–Crippen MR) is 129 cm³/mol. The fraction of sp³-hybridized carbons (Fsp3) is 0.417. The van der Waals surface area contributed by atoms with Crippen LogP contribution in [-0.2, 0) is 21.9 Å². The lowest BCUT2D eigenvalue weighted by Crippen LogP contribution is -2.50.